The van der Waals surface area contributed by atoms with Crippen molar-refractivity contribution in [2.45, 2.75) is 18.7 Å². The van der Waals surface area contributed by atoms with E-state index in [1.165, 1.54) is 12.3 Å². The zero-order valence-corrected chi connectivity index (χ0v) is 8.72. The van der Waals surface area contributed by atoms with Crippen LogP contribution in [-0.4, -0.2) is 16.3 Å². The van der Waals surface area contributed by atoms with Crippen LogP contribution in [0.15, 0.2) is 22.8 Å². The van der Waals surface area contributed by atoms with Crippen LogP contribution in [0.5, 0.6) is 0 Å². The number of rotatable bonds is 1. The molecule has 0 aromatic carbocycles. The van der Waals surface area contributed by atoms with Crippen LogP contribution in [-0.2, 0) is 5.60 Å². The van der Waals surface area contributed by atoms with Crippen molar-refractivity contribution in [2.24, 2.45) is 0 Å². The van der Waals surface area contributed by atoms with Crippen LogP contribution in [0.2, 0.25) is 0 Å². The van der Waals surface area contributed by atoms with E-state index in [0.29, 0.717) is 11.4 Å². The minimum Gasteiger partial charge on any atom is -0.375 e. The summed E-state index contributed by atoms with van der Waals surface area (Å²) in [5.41, 5.74) is -3.33. The van der Waals surface area contributed by atoms with Gasteiger partial charge in [-0.25, -0.2) is 0 Å². The van der Waals surface area contributed by atoms with Gasteiger partial charge in [0.2, 0.25) is 0 Å². The summed E-state index contributed by atoms with van der Waals surface area (Å²) in [7, 11) is 0. The monoisotopic (exact) mass is 269 g/mol. The number of hydrogen-bond donors (Lipinski definition) is 1. The summed E-state index contributed by atoms with van der Waals surface area (Å²) in [6, 6.07) is 2.51. The van der Waals surface area contributed by atoms with Gasteiger partial charge in [0.05, 0.1) is 5.69 Å². The lowest BCUT2D eigenvalue weighted by molar-refractivity contribution is -0.260. The molecule has 14 heavy (non-hydrogen) atoms. The summed E-state index contributed by atoms with van der Waals surface area (Å²) in [5, 5.41) is 9.21. The molecule has 1 aromatic heterocycles. The molecule has 0 aliphatic heterocycles. The molecule has 0 radical (unpaired) electrons. The predicted molar refractivity (Wildman–Crippen MR) is 47.6 cm³/mol. The molecule has 1 unspecified atom stereocenters. The second kappa shape index (κ2) is 3.51. The van der Waals surface area contributed by atoms with E-state index in [2.05, 4.69) is 20.9 Å². The quantitative estimate of drug-likeness (QED) is 0.850. The van der Waals surface area contributed by atoms with Gasteiger partial charge >= 0.3 is 6.18 Å². The first-order chi connectivity index (χ1) is 6.25. The fourth-order valence-electron chi connectivity index (χ4n) is 0.809. The van der Waals surface area contributed by atoms with Gasteiger partial charge in [0.25, 0.3) is 0 Å². The van der Waals surface area contributed by atoms with Gasteiger partial charge in [-0.3, -0.25) is 4.98 Å². The average Bonchev–Trinajstić information content (AvgIpc) is 2.03. The van der Waals surface area contributed by atoms with Crippen molar-refractivity contribution in [3.8, 4) is 0 Å². The number of pyridine rings is 1. The molecule has 0 spiro atoms. The molecule has 0 amide bonds. The first kappa shape index (κ1) is 11.5. The standard InChI is InChI=1S/C8H7BrF3NO/c1-7(14,8(10,11)12)6-3-2-5(9)4-13-6/h2-4,14H,1H3. The summed E-state index contributed by atoms with van der Waals surface area (Å²) >= 11 is 3.04. The summed E-state index contributed by atoms with van der Waals surface area (Å²) < 4.78 is 37.5. The van der Waals surface area contributed by atoms with Gasteiger partial charge in [0.15, 0.2) is 5.60 Å². The van der Waals surface area contributed by atoms with Gasteiger partial charge < -0.3 is 5.11 Å². The molecule has 0 bridgehead atoms. The topological polar surface area (TPSA) is 33.1 Å². The number of halogens is 4. The van der Waals surface area contributed by atoms with Crippen LogP contribution in [0.1, 0.15) is 12.6 Å². The zero-order chi connectivity index (χ0) is 11.0. The molecule has 1 N–H and O–H groups in total. The fraction of sp³-hybridized carbons (Fsp3) is 0.375. The molecule has 0 fully saturated rings. The van der Waals surface area contributed by atoms with Crippen molar-refractivity contribution in [3.05, 3.63) is 28.5 Å². The smallest absolute Gasteiger partial charge is 0.375 e. The Balaban J connectivity index is 3.10. The van der Waals surface area contributed by atoms with Gasteiger partial charge in [-0.1, -0.05) is 0 Å². The average molecular weight is 270 g/mol. The second-order valence-electron chi connectivity index (χ2n) is 2.93. The highest BCUT2D eigenvalue weighted by atomic mass is 79.9. The predicted octanol–water partition coefficient (Wildman–Crippen LogP) is 2.61. The van der Waals surface area contributed by atoms with Crippen molar-refractivity contribution in [2.75, 3.05) is 0 Å². The van der Waals surface area contributed by atoms with Crippen LogP contribution in [0, 0.1) is 0 Å². The minimum absolute atomic E-state index is 0.423. The molecular weight excluding hydrogens is 263 g/mol. The van der Waals surface area contributed by atoms with E-state index >= 15 is 0 Å². The van der Waals surface area contributed by atoms with E-state index in [1.807, 2.05) is 0 Å². The largest absolute Gasteiger partial charge is 0.422 e. The number of hydrogen-bond acceptors (Lipinski definition) is 2. The summed E-state index contributed by atoms with van der Waals surface area (Å²) in [6.45, 7) is 0.670. The molecule has 1 atom stereocenters. The van der Waals surface area contributed by atoms with Gasteiger partial charge in [-0.15, -0.1) is 0 Å². The second-order valence-corrected chi connectivity index (χ2v) is 3.85. The summed E-state index contributed by atoms with van der Waals surface area (Å²) in [5.74, 6) is 0. The van der Waals surface area contributed by atoms with Crippen LogP contribution in [0.25, 0.3) is 0 Å². The fourth-order valence-corrected chi connectivity index (χ4v) is 1.04. The third-order valence-corrected chi connectivity index (χ3v) is 2.25. The maximum absolute atomic E-state index is 12.3. The molecule has 0 aliphatic rings. The molecule has 0 saturated heterocycles. The van der Waals surface area contributed by atoms with E-state index in [4.69, 9.17) is 0 Å². The van der Waals surface area contributed by atoms with E-state index in [9.17, 15) is 18.3 Å². The number of alkyl halides is 3. The number of nitrogens with zero attached hydrogens (tertiary/aromatic N) is 1. The molecule has 0 aliphatic carbocycles. The number of aromatic nitrogens is 1. The third kappa shape index (κ3) is 2.06. The maximum atomic E-state index is 12.3. The summed E-state index contributed by atoms with van der Waals surface area (Å²) in [4.78, 5) is 3.50. The maximum Gasteiger partial charge on any atom is 0.422 e. The lowest BCUT2D eigenvalue weighted by Gasteiger charge is -2.25. The van der Waals surface area contributed by atoms with Gasteiger partial charge in [0.1, 0.15) is 0 Å². The molecule has 0 saturated carbocycles. The normalized spacial score (nSPS) is 16.4. The lowest BCUT2D eigenvalue weighted by atomic mass is 10.0. The Kier molecular flexibility index (Phi) is 2.87. The lowest BCUT2D eigenvalue weighted by Crippen LogP contribution is -2.39. The van der Waals surface area contributed by atoms with Crippen molar-refractivity contribution >= 4 is 15.9 Å². The van der Waals surface area contributed by atoms with Crippen molar-refractivity contribution in [1.82, 2.24) is 4.98 Å². The molecule has 78 valence electrons. The van der Waals surface area contributed by atoms with Gasteiger partial charge in [-0.05, 0) is 35.0 Å². The van der Waals surface area contributed by atoms with Crippen molar-refractivity contribution < 1.29 is 18.3 Å². The minimum atomic E-state index is -4.73. The van der Waals surface area contributed by atoms with Crippen LogP contribution in [0.3, 0.4) is 0 Å². The SMILES string of the molecule is CC(O)(c1ccc(Br)cn1)C(F)(F)F. The number of aliphatic hydroxyl groups is 1. The Bertz CT molecular complexity index is 320. The Morgan fingerprint density at radius 3 is 2.29 bits per heavy atom. The Morgan fingerprint density at radius 1 is 1.36 bits per heavy atom. The third-order valence-electron chi connectivity index (χ3n) is 1.78. The van der Waals surface area contributed by atoms with Crippen LogP contribution >= 0.6 is 15.9 Å². The van der Waals surface area contributed by atoms with Crippen molar-refractivity contribution in [3.63, 3.8) is 0 Å². The van der Waals surface area contributed by atoms with Crippen LogP contribution < -0.4 is 0 Å². The Labute approximate surface area is 86.9 Å². The first-order valence-corrected chi connectivity index (χ1v) is 4.45. The molecule has 2 nitrogen and oxygen atoms in total. The Hall–Kier alpha value is -0.620. The zero-order valence-electron chi connectivity index (χ0n) is 7.14. The highest BCUT2D eigenvalue weighted by Crippen LogP contribution is 2.37. The summed E-state index contributed by atoms with van der Waals surface area (Å²) in [6.07, 6.45) is -3.52. The van der Waals surface area contributed by atoms with Gasteiger partial charge in [-0.2, -0.15) is 13.2 Å². The highest BCUT2D eigenvalue weighted by Gasteiger charge is 2.52. The van der Waals surface area contributed by atoms with E-state index < -0.39 is 17.5 Å². The highest BCUT2D eigenvalue weighted by molar-refractivity contribution is 9.10. The van der Waals surface area contributed by atoms with E-state index in [0.717, 1.165) is 6.07 Å². The Morgan fingerprint density at radius 2 is 1.93 bits per heavy atom. The van der Waals surface area contributed by atoms with Gasteiger partial charge in [0, 0.05) is 10.7 Å². The van der Waals surface area contributed by atoms with Crippen molar-refractivity contribution in [1.29, 1.82) is 0 Å². The molecule has 1 aromatic rings. The van der Waals surface area contributed by atoms with Crippen LogP contribution in [0.4, 0.5) is 13.2 Å². The van der Waals surface area contributed by atoms with E-state index in [1.54, 1.807) is 0 Å². The molecule has 1 rings (SSSR count). The van der Waals surface area contributed by atoms with E-state index in [-0.39, 0.29) is 0 Å². The molecular formula is C8H7BrF3NO. The first-order valence-electron chi connectivity index (χ1n) is 3.66. The molecule has 6 heteroatoms. The molecule has 1 heterocycles.